The molecule has 0 aromatic heterocycles. The molecule has 6 nitrogen and oxygen atoms in total. The second kappa shape index (κ2) is 6.95. The Balaban J connectivity index is 2.84. The standard InChI is InChI=1S/C11H15F2N3O3/c12-11(13)7-15(3-4-17)6-8-1-2-9(14)10(5-8)16(18)19/h1-2,5,11,17H,3-4,6-7,14H2. The van der Waals surface area contributed by atoms with Gasteiger partial charge in [0.25, 0.3) is 12.1 Å². The number of nitrogens with zero attached hydrogens (tertiary/aromatic N) is 2. The quantitative estimate of drug-likeness (QED) is 0.443. The van der Waals surface area contributed by atoms with Crippen molar-refractivity contribution in [3.63, 3.8) is 0 Å². The van der Waals surface area contributed by atoms with Gasteiger partial charge in [0, 0.05) is 19.2 Å². The Morgan fingerprint density at radius 3 is 2.68 bits per heavy atom. The van der Waals surface area contributed by atoms with Crippen LogP contribution in [0, 0.1) is 10.1 Å². The number of hydrogen-bond donors (Lipinski definition) is 2. The van der Waals surface area contributed by atoms with Crippen molar-refractivity contribution in [2.24, 2.45) is 0 Å². The molecule has 1 aromatic carbocycles. The number of nitro groups is 1. The Bertz CT molecular complexity index is 443. The number of nitrogen functional groups attached to an aromatic ring is 1. The first kappa shape index (κ1) is 15.3. The first-order valence-corrected chi connectivity index (χ1v) is 5.58. The molecule has 0 saturated heterocycles. The highest BCUT2D eigenvalue weighted by Crippen LogP contribution is 2.23. The zero-order valence-corrected chi connectivity index (χ0v) is 10.1. The van der Waals surface area contributed by atoms with Crippen LogP contribution in [0.25, 0.3) is 0 Å². The molecule has 1 rings (SSSR count). The summed E-state index contributed by atoms with van der Waals surface area (Å²) in [6.07, 6.45) is -2.53. The summed E-state index contributed by atoms with van der Waals surface area (Å²) < 4.78 is 24.7. The lowest BCUT2D eigenvalue weighted by atomic mass is 10.1. The van der Waals surface area contributed by atoms with Crippen LogP contribution >= 0.6 is 0 Å². The SMILES string of the molecule is Nc1ccc(CN(CCO)CC(F)F)cc1[N+](=O)[O-]. The van der Waals surface area contributed by atoms with Gasteiger partial charge in [-0.3, -0.25) is 15.0 Å². The topological polar surface area (TPSA) is 92.6 Å². The van der Waals surface area contributed by atoms with Gasteiger partial charge in [-0.25, -0.2) is 8.78 Å². The van der Waals surface area contributed by atoms with E-state index in [0.29, 0.717) is 5.56 Å². The van der Waals surface area contributed by atoms with Gasteiger partial charge in [-0.2, -0.15) is 0 Å². The highest BCUT2D eigenvalue weighted by molar-refractivity contribution is 5.59. The first-order valence-electron chi connectivity index (χ1n) is 5.58. The zero-order valence-electron chi connectivity index (χ0n) is 10.1. The van der Waals surface area contributed by atoms with Crippen LogP contribution in [0.2, 0.25) is 0 Å². The van der Waals surface area contributed by atoms with Crippen molar-refractivity contribution in [2.45, 2.75) is 13.0 Å². The third-order valence-corrected chi connectivity index (χ3v) is 2.51. The van der Waals surface area contributed by atoms with Gasteiger partial charge in [0.1, 0.15) is 5.69 Å². The van der Waals surface area contributed by atoms with Crippen LogP contribution in [0.15, 0.2) is 18.2 Å². The summed E-state index contributed by atoms with van der Waals surface area (Å²) in [5, 5.41) is 19.5. The molecule has 19 heavy (non-hydrogen) atoms. The minimum Gasteiger partial charge on any atom is -0.395 e. The molecule has 0 fully saturated rings. The lowest BCUT2D eigenvalue weighted by Crippen LogP contribution is -2.31. The predicted molar refractivity (Wildman–Crippen MR) is 65.9 cm³/mol. The lowest BCUT2D eigenvalue weighted by molar-refractivity contribution is -0.384. The van der Waals surface area contributed by atoms with E-state index in [1.165, 1.54) is 23.1 Å². The van der Waals surface area contributed by atoms with Crippen molar-refractivity contribution in [2.75, 3.05) is 25.4 Å². The fraction of sp³-hybridized carbons (Fsp3) is 0.455. The van der Waals surface area contributed by atoms with Crippen LogP contribution in [-0.2, 0) is 6.54 Å². The summed E-state index contributed by atoms with van der Waals surface area (Å²) in [6.45, 7) is -0.600. The summed E-state index contributed by atoms with van der Waals surface area (Å²) >= 11 is 0. The number of hydrogen-bond acceptors (Lipinski definition) is 5. The van der Waals surface area contributed by atoms with Crippen LogP contribution in [0.4, 0.5) is 20.2 Å². The predicted octanol–water partition coefficient (Wildman–Crippen LogP) is 1.24. The molecule has 0 aliphatic carbocycles. The molecule has 106 valence electrons. The van der Waals surface area contributed by atoms with E-state index in [4.69, 9.17) is 10.8 Å². The number of aliphatic hydroxyl groups is 1. The second-order valence-corrected chi connectivity index (χ2v) is 4.00. The van der Waals surface area contributed by atoms with E-state index in [0.717, 1.165) is 0 Å². The molecule has 0 saturated carbocycles. The molecular formula is C11H15F2N3O3. The molecule has 3 N–H and O–H groups in total. The van der Waals surface area contributed by atoms with Crippen molar-refractivity contribution in [1.82, 2.24) is 4.90 Å². The first-order chi connectivity index (χ1) is 8.93. The Morgan fingerprint density at radius 1 is 1.47 bits per heavy atom. The third kappa shape index (κ3) is 4.76. The highest BCUT2D eigenvalue weighted by atomic mass is 19.3. The number of alkyl halides is 2. The maximum Gasteiger partial charge on any atom is 0.292 e. The van der Waals surface area contributed by atoms with Crippen LogP contribution in [0.5, 0.6) is 0 Å². The average Bonchev–Trinajstić information content (AvgIpc) is 2.30. The molecule has 0 radical (unpaired) electrons. The molecule has 0 heterocycles. The van der Waals surface area contributed by atoms with E-state index in [-0.39, 0.29) is 31.1 Å². The van der Waals surface area contributed by atoms with Crippen LogP contribution in [0.3, 0.4) is 0 Å². The van der Waals surface area contributed by atoms with E-state index >= 15 is 0 Å². The summed E-state index contributed by atoms with van der Waals surface area (Å²) in [5.41, 5.74) is 5.71. The number of anilines is 1. The van der Waals surface area contributed by atoms with Crippen molar-refractivity contribution in [1.29, 1.82) is 0 Å². The Morgan fingerprint density at radius 2 is 2.16 bits per heavy atom. The van der Waals surface area contributed by atoms with Gasteiger partial charge in [0.2, 0.25) is 0 Å². The molecule has 0 atom stereocenters. The number of nitro benzene ring substituents is 1. The van der Waals surface area contributed by atoms with Crippen molar-refractivity contribution in [3.05, 3.63) is 33.9 Å². The van der Waals surface area contributed by atoms with Gasteiger partial charge in [-0.1, -0.05) is 6.07 Å². The normalized spacial score (nSPS) is 11.2. The van der Waals surface area contributed by atoms with Gasteiger partial charge in [0.05, 0.1) is 18.1 Å². The smallest absolute Gasteiger partial charge is 0.292 e. The maximum absolute atomic E-state index is 12.3. The number of benzene rings is 1. The second-order valence-electron chi connectivity index (χ2n) is 4.00. The number of rotatable bonds is 7. The number of halogens is 2. The van der Waals surface area contributed by atoms with Crippen molar-refractivity contribution < 1.29 is 18.8 Å². The highest BCUT2D eigenvalue weighted by Gasteiger charge is 2.16. The van der Waals surface area contributed by atoms with Crippen LogP contribution in [0.1, 0.15) is 5.56 Å². The summed E-state index contributed by atoms with van der Waals surface area (Å²) in [5.74, 6) is 0. The van der Waals surface area contributed by atoms with Crippen molar-refractivity contribution >= 4 is 11.4 Å². The van der Waals surface area contributed by atoms with E-state index < -0.39 is 17.9 Å². The third-order valence-electron chi connectivity index (χ3n) is 2.51. The van der Waals surface area contributed by atoms with Crippen molar-refractivity contribution in [3.8, 4) is 0 Å². The van der Waals surface area contributed by atoms with E-state index in [2.05, 4.69) is 0 Å². The largest absolute Gasteiger partial charge is 0.395 e. The van der Waals surface area contributed by atoms with E-state index in [9.17, 15) is 18.9 Å². The molecule has 0 bridgehead atoms. The Hall–Kier alpha value is -1.80. The molecule has 0 aliphatic heterocycles. The monoisotopic (exact) mass is 275 g/mol. The molecule has 0 amide bonds. The Labute approximate surface area is 108 Å². The number of aliphatic hydroxyl groups excluding tert-OH is 1. The van der Waals surface area contributed by atoms with Gasteiger partial charge in [-0.15, -0.1) is 0 Å². The van der Waals surface area contributed by atoms with E-state index in [1.807, 2.05) is 0 Å². The van der Waals surface area contributed by atoms with Gasteiger partial charge in [0.15, 0.2) is 0 Å². The number of nitrogens with two attached hydrogens (primary N) is 1. The Kier molecular flexibility index (Phi) is 5.58. The van der Waals surface area contributed by atoms with E-state index in [1.54, 1.807) is 0 Å². The zero-order chi connectivity index (χ0) is 14.4. The molecule has 0 unspecified atom stereocenters. The molecule has 0 aliphatic rings. The molecule has 0 spiro atoms. The lowest BCUT2D eigenvalue weighted by Gasteiger charge is -2.20. The minimum absolute atomic E-state index is 0.0244. The fourth-order valence-corrected chi connectivity index (χ4v) is 1.68. The van der Waals surface area contributed by atoms with Crippen LogP contribution in [-0.4, -0.2) is 41.1 Å². The van der Waals surface area contributed by atoms with Gasteiger partial charge >= 0.3 is 0 Å². The fourth-order valence-electron chi connectivity index (χ4n) is 1.68. The van der Waals surface area contributed by atoms with Gasteiger partial charge in [-0.05, 0) is 11.6 Å². The molecule has 1 aromatic rings. The molecular weight excluding hydrogens is 260 g/mol. The summed E-state index contributed by atoms with van der Waals surface area (Å²) in [4.78, 5) is 11.4. The van der Waals surface area contributed by atoms with Crippen LogP contribution < -0.4 is 5.73 Å². The maximum atomic E-state index is 12.3. The summed E-state index contributed by atoms with van der Waals surface area (Å²) in [7, 11) is 0. The average molecular weight is 275 g/mol. The molecule has 8 heteroatoms. The summed E-state index contributed by atoms with van der Waals surface area (Å²) in [6, 6.07) is 4.16. The minimum atomic E-state index is -2.53. The van der Waals surface area contributed by atoms with Gasteiger partial charge < -0.3 is 10.8 Å².